The predicted octanol–water partition coefficient (Wildman–Crippen LogP) is 4.19. The number of aryl methyl sites for hydroxylation is 1. The fourth-order valence-electron chi connectivity index (χ4n) is 5.39. The van der Waals surface area contributed by atoms with Gasteiger partial charge in [0.25, 0.3) is 0 Å². The number of benzene rings is 2. The zero-order chi connectivity index (χ0) is 24.4. The van der Waals surface area contributed by atoms with Crippen molar-refractivity contribution < 1.29 is 19.5 Å². The molecule has 2 aromatic carbocycles. The van der Waals surface area contributed by atoms with Crippen LogP contribution in [0.5, 0.6) is 5.75 Å². The number of fused-ring (bicyclic) bond motifs is 1. The summed E-state index contributed by atoms with van der Waals surface area (Å²) in [4.78, 5) is 32.1. The number of amides is 2. The molecule has 3 aromatic rings. The molecule has 1 aliphatic carbocycles. The maximum absolute atomic E-state index is 13.4. The maximum Gasteiger partial charge on any atom is 0.247 e. The van der Waals surface area contributed by atoms with Gasteiger partial charge in [-0.05, 0) is 68.9 Å². The number of carbonyl (C=O) groups is 2. The van der Waals surface area contributed by atoms with Crippen molar-refractivity contribution in [3.05, 3.63) is 71.4 Å². The van der Waals surface area contributed by atoms with Crippen LogP contribution in [0.1, 0.15) is 42.5 Å². The van der Waals surface area contributed by atoms with Gasteiger partial charge in [-0.3, -0.25) is 19.8 Å². The van der Waals surface area contributed by atoms with Crippen LogP contribution < -0.4 is 10.2 Å². The van der Waals surface area contributed by atoms with Crippen LogP contribution in [0, 0.1) is 18.3 Å². The van der Waals surface area contributed by atoms with E-state index in [1.165, 1.54) is 0 Å². The normalized spacial score (nSPS) is 21.5. The molecule has 182 valence electrons. The number of carbonyl (C=O) groups excluding carboxylic acids is 2. The van der Waals surface area contributed by atoms with Crippen molar-refractivity contribution in [1.82, 2.24) is 15.4 Å². The first-order chi connectivity index (χ1) is 17.0. The van der Waals surface area contributed by atoms with Crippen LogP contribution >= 0.6 is 0 Å². The number of hydroxylamine groups is 1. The number of aromatic nitrogens is 1. The molecule has 0 spiro atoms. The van der Waals surface area contributed by atoms with Gasteiger partial charge < -0.3 is 9.64 Å². The number of nitrogens with zero attached hydrogens (tertiary/aromatic N) is 2. The number of likely N-dealkylation sites (tertiary alicyclic amines) is 1. The van der Waals surface area contributed by atoms with Crippen molar-refractivity contribution in [2.75, 3.05) is 13.1 Å². The van der Waals surface area contributed by atoms with Gasteiger partial charge in [0, 0.05) is 29.7 Å². The second kappa shape index (κ2) is 9.66. The molecule has 0 bridgehead atoms. The number of nitrogens with one attached hydrogen (secondary N) is 1. The van der Waals surface area contributed by atoms with Crippen molar-refractivity contribution in [2.24, 2.45) is 11.3 Å². The lowest BCUT2D eigenvalue weighted by atomic mass is 9.91. The van der Waals surface area contributed by atoms with Gasteiger partial charge in [-0.25, -0.2) is 5.48 Å². The predicted molar refractivity (Wildman–Crippen MR) is 132 cm³/mol. The highest BCUT2D eigenvalue weighted by Crippen LogP contribution is 2.56. The number of rotatable bonds is 7. The van der Waals surface area contributed by atoms with E-state index in [0.29, 0.717) is 19.4 Å². The Morgan fingerprint density at radius 2 is 1.86 bits per heavy atom. The van der Waals surface area contributed by atoms with Gasteiger partial charge in [-0.15, -0.1) is 0 Å². The summed E-state index contributed by atoms with van der Waals surface area (Å²) in [5.41, 5.74) is 4.93. The fraction of sp³-hybridized carbons (Fsp3) is 0.393. The van der Waals surface area contributed by atoms with Gasteiger partial charge in [0.2, 0.25) is 11.8 Å². The lowest BCUT2D eigenvalue weighted by Gasteiger charge is -2.31. The Hall–Kier alpha value is -3.45. The van der Waals surface area contributed by atoms with Crippen molar-refractivity contribution in [1.29, 1.82) is 0 Å². The first-order valence-corrected chi connectivity index (χ1v) is 12.3. The van der Waals surface area contributed by atoms with Gasteiger partial charge in [0.05, 0.1) is 16.8 Å². The topological polar surface area (TPSA) is 91.8 Å². The smallest absolute Gasteiger partial charge is 0.247 e. The van der Waals surface area contributed by atoms with Gasteiger partial charge >= 0.3 is 0 Å². The summed E-state index contributed by atoms with van der Waals surface area (Å²) < 4.78 is 6.08. The Labute approximate surface area is 205 Å². The Balaban J connectivity index is 1.29. The van der Waals surface area contributed by atoms with Crippen LogP contribution in [0.15, 0.2) is 54.6 Å². The highest BCUT2D eigenvalue weighted by Gasteiger charge is 2.64. The van der Waals surface area contributed by atoms with Crippen molar-refractivity contribution in [2.45, 2.75) is 45.6 Å². The summed E-state index contributed by atoms with van der Waals surface area (Å²) >= 11 is 0. The second-order valence-corrected chi connectivity index (χ2v) is 9.79. The number of ether oxygens (including phenoxy) is 1. The van der Waals surface area contributed by atoms with Gasteiger partial charge in [0.1, 0.15) is 12.4 Å². The molecule has 7 nitrogen and oxygen atoms in total. The third-order valence-corrected chi connectivity index (χ3v) is 7.34. The number of para-hydroxylation sites is 1. The molecule has 35 heavy (non-hydrogen) atoms. The Morgan fingerprint density at radius 3 is 2.60 bits per heavy atom. The zero-order valence-electron chi connectivity index (χ0n) is 20.0. The summed E-state index contributed by atoms with van der Waals surface area (Å²) in [5, 5.41) is 10.2. The molecule has 1 saturated carbocycles. The van der Waals surface area contributed by atoms with E-state index in [9.17, 15) is 9.59 Å². The highest BCUT2D eigenvalue weighted by molar-refractivity contribution is 5.96. The van der Waals surface area contributed by atoms with E-state index < -0.39 is 17.2 Å². The van der Waals surface area contributed by atoms with Crippen LogP contribution in [-0.4, -0.2) is 40.0 Å². The molecule has 2 N–H and O–H groups in total. The van der Waals surface area contributed by atoms with Gasteiger partial charge in [-0.2, -0.15) is 0 Å². The average Bonchev–Trinajstić information content (AvgIpc) is 3.62. The largest absolute Gasteiger partial charge is 0.489 e. The highest BCUT2D eigenvalue weighted by atomic mass is 16.5. The SMILES string of the molecule is Cc1cc(COc2ccc(CC3(C(=O)N4CCCCC4)CC3C(=O)NO)cc2)c2ccccc2n1. The summed E-state index contributed by atoms with van der Waals surface area (Å²) in [6.45, 7) is 3.89. The number of piperidine rings is 1. The summed E-state index contributed by atoms with van der Waals surface area (Å²) in [6, 6.07) is 17.8. The van der Waals surface area contributed by atoms with Crippen LogP contribution in [0.25, 0.3) is 10.9 Å². The Bertz CT molecular complexity index is 1240. The van der Waals surface area contributed by atoms with Crippen molar-refractivity contribution >= 4 is 22.7 Å². The molecule has 0 radical (unpaired) electrons. The van der Waals surface area contributed by atoms with Crippen molar-refractivity contribution in [3.63, 3.8) is 0 Å². The zero-order valence-corrected chi connectivity index (χ0v) is 20.0. The third kappa shape index (κ3) is 4.73. The molecule has 2 amide bonds. The second-order valence-electron chi connectivity index (χ2n) is 9.79. The molecule has 5 rings (SSSR count). The van der Waals surface area contributed by atoms with Gasteiger partial charge in [-0.1, -0.05) is 30.3 Å². The summed E-state index contributed by atoms with van der Waals surface area (Å²) in [7, 11) is 0. The quantitative estimate of drug-likeness (QED) is 0.397. The van der Waals surface area contributed by atoms with Crippen LogP contribution in [-0.2, 0) is 22.6 Å². The molecular weight excluding hydrogens is 442 g/mol. The molecule has 2 heterocycles. The molecule has 1 aromatic heterocycles. The summed E-state index contributed by atoms with van der Waals surface area (Å²) in [5.74, 6) is -0.202. The first-order valence-electron chi connectivity index (χ1n) is 12.3. The van der Waals surface area contributed by atoms with E-state index in [1.807, 2.05) is 60.4 Å². The fourth-order valence-corrected chi connectivity index (χ4v) is 5.39. The summed E-state index contributed by atoms with van der Waals surface area (Å²) in [6.07, 6.45) is 4.05. The van der Waals surface area contributed by atoms with Crippen LogP contribution in [0.2, 0.25) is 0 Å². The maximum atomic E-state index is 13.4. The minimum Gasteiger partial charge on any atom is -0.489 e. The van der Waals surface area contributed by atoms with E-state index in [1.54, 1.807) is 5.48 Å². The third-order valence-electron chi connectivity index (χ3n) is 7.34. The van der Waals surface area contributed by atoms with Crippen molar-refractivity contribution in [3.8, 4) is 5.75 Å². The standard InChI is InChI=1S/C28H31N3O4/c1-19-15-21(23-7-3-4-8-25(23)29-19)18-35-22-11-9-20(10-12-22)16-28(17-24(28)26(32)30-34)27(33)31-13-5-2-6-14-31/h3-4,7-12,15,24,34H,2,5-6,13-14,16-18H2,1H3,(H,30,32). The number of hydrogen-bond donors (Lipinski definition) is 2. The molecule has 7 heteroatoms. The minimum absolute atomic E-state index is 0.0334. The van der Waals surface area contributed by atoms with E-state index in [0.717, 1.165) is 65.8 Å². The molecule has 1 saturated heterocycles. The number of hydrogen-bond acceptors (Lipinski definition) is 5. The lowest BCUT2D eigenvalue weighted by Crippen LogP contribution is -2.43. The van der Waals surface area contributed by atoms with E-state index in [4.69, 9.17) is 9.94 Å². The van der Waals surface area contributed by atoms with E-state index in [2.05, 4.69) is 11.1 Å². The molecular formula is C28H31N3O4. The minimum atomic E-state index is -0.778. The Kier molecular flexibility index (Phi) is 6.43. The molecule has 2 unspecified atom stereocenters. The average molecular weight is 474 g/mol. The van der Waals surface area contributed by atoms with E-state index >= 15 is 0 Å². The monoisotopic (exact) mass is 473 g/mol. The van der Waals surface area contributed by atoms with Gasteiger partial charge in [0.15, 0.2) is 0 Å². The molecule has 2 fully saturated rings. The molecule has 2 aliphatic rings. The Morgan fingerprint density at radius 1 is 1.11 bits per heavy atom. The van der Waals surface area contributed by atoms with Crippen LogP contribution in [0.4, 0.5) is 0 Å². The number of pyridine rings is 1. The molecule has 1 aliphatic heterocycles. The first kappa shape index (κ1) is 23.3. The van der Waals surface area contributed by atoms with Crippen LogP contribution in [0.3, 0.4) is 0 Å². The van der Waals surface area contributed by atoms with E-state index in [-0.39, 0.29) is 5.91 Å². The lowest BCUT2D eigenvalue weighted by molar-refractivity contribution is -0.142. The molecule has 2 atom stereocenters.